The van der Waals surface area contributed by atoms with Crippen LogP contribution < -0.4 is 5.32 Å². The molecule has 0 spiro atoms. The van der Waals surface area contributed by atoms with Crippen LogP contribution in [0.1, 0.15) is 38.8 Å². The Bertz CT molecular complexity index is 374. The first-order valence-electron chi connectivity index (χ1n) is 7.55. The van der Waals surface area contributed by atoms with E-state index in [1.165, 1.54) is 32.5 Å². The van der Waals surface area contributed by atoms with Crippen LogP contribution in [0.25, 0.3) is 0 Å². The highest BCUT2D eigenvalue weighted by Gasteiger charge is 2.14. The fraction of sp³-hybridized carbons (Fsp3) is 0.733. The molecule has 1 aliphatic rings. The zero-order valence-corrected chi connectivity index (χ0v) is 12.2. The number of nitrogens with one attached hydrogen (secondary N) is 1. The average Bonchev–Trinajstić information content (AvgIpc) is 2.90. The van der Waals surface area contributed by atoms with Gasteiger partial charge in [0.15, 0.2) is 0 Å². The van der Waals surface area contributed by atoms with Gasteiger partial charge in [0.25, 0.3) is 0 Å². The van der Waals surface area contributed by atoms with Gasteiger partial charge in [-0.2, -0.15) is 0 Å². The monoisotopic (exact) mass is 262 g/mol. The minimum Gasteiger partial charge on any atom is -0.370 e. The second-order valence-electron chi connectivity index (χ2n) is 5.64. The maximum Gasteiger partial charge on any atom is 0.129 e. The third-order valence-electron chi connectivity index (χ3n) is 3.63. The molecule has 1 atom stereocenters. The van der Waals surface area contributed by atoms with Gasteiger partial charge in [-0.1, -0.05) is 20.3 Å². The Kier molecular flexibility index (Phi) is 5.58. The fourth-order valence-electron chi connectivity index (χ4n) is 2.64. The van der Waals surface area contributed by atoms with Crippen molar-refractivity contribution in [2.24, 2.45) is 5.92 Å². The minimum absolute atomic E-state index is 0.655. The molecule has 0 amide bonds. The Morgan fingerprint density at radius 1 is 1.32 bits per heavy atom. The van der Waals surface area contributed by atoms with Gasteiger partial charge < -0.3 is 10.2 Å². The summed E-state index contributed by atoms with van der Waals surface area (Å²) in [4.78, 5) is 11.1. The van der Waals surface area contributed by atoms with E-state index in [4.69, 9.17) is 0 Å². The van der Waals surface area contributed by atoms with E-state index in [1.54, 1.807) is 6.33 Å². The molecule has 1 aromatic rings. The molecule has 0 saturated carbocycles. The molecular formula is C15H26N4. The van der Waals surface area contributed by atoms with Gasteiger partial charge in [-0.05, 0) is 38.3 Å². The second-order valence-corrected chi connectivity index (χ2v) is 5.64. The summed E-state index contributed by atoms with van der Waals surface area (Å²) in [5.74, 6) is 1.62. The van der Waals surface area contributed by atoms with E-state index in [2.05, 4.69) is 40.1 Å². The zero-order chi connectivity index (χ0) is 13.5. The number of anilines is 1. The number of rotatable bonds is 7. The van der Waals surface area contributed by atoms with Crippen LogP contribution in [0.5, 0.6) is 0 Å². The number of hydrogen-bond acceptors (Lipinski definition) is 4. The van der Waals surface area contributed by atoms with Gasteiger partial charge in [0.05, 0.1) is 0 Å². The molecule has 106 valence electrons. The molecule has 2 heterocycles. The van der Waals surface area contributed by atoms with E-state index >= 15 is 0 Å². The van der Waals surface area contributed by atoms with Gasteiger partial charge in [-0.15, -0.1) is 0 Å². The van der Waals surface area contributed by atoms with E-state index in [1.807, 2.05) is 0 Å². The minimum atomic E-state index is 0.655. The van der Waals surface area contributed by atoms with Gasteiger partial charge in [0.1, 0.15) is 12.1 Å². The molecule has 4 nitrogen and oxygen atoms in total. The normalized spacial score (nSPS) is 17.6. The molecule has 1 saturated heterocycles. The van der Waals surface area contributed by atoms with E-state index in [-0.39, 0.29) is 0 Å². The maximum atomic E-state index is 4.29. The van der Waals surface area contributed by atoms with Gasteiger partial charge in [-0.3, -0.25) is 0 Å². The standard InChI is InChI=1S/C15H26N4/c1-3-6-14-9-15(18-12-17-14)16-10-13(2)11-19-7-4-5-8-19/h9,12-13H,3-8,10-11H2,1-2H3,(H,16,17,18). The Labute approximate surface area is 116 Å². The number of likely N-dealkylation sites (tertiary alicyclic amines) is 1. The summed E-state index contributed by atoms with van der Waals surface area (Å²) < 4.78 is 0. The molecule has 4 heteroatoms. The lowest BCUT2D eigenvalue weighted by Gasteiger charge is -2.20. The highest BCUT2D eigenvalue weighted by molar-refractivity contribution is 5.34. The molecule has 0 radical (unpaired) electrons. The molecule has 1 aromatic heterocycles. The van der Waals surface area contributed by atoms with Crippen LogP contribution in [0.15, 0.2) is 12.4 Å². The van der Waals surface area contributed by atoms with Crippen LogP contribution >= 0.6 is 0 Å². The van der Waals surface area contributed by atoms with Crippen molar-refractivity contribution in [3.63, 3.8) is 0 Å². The lowest BCUT2D eigenvalue weighted by Crippen LogP contribution is -2.29. The third-order valence-corrected chi connectivity index (χ3v) is 3.63. The van der Waals surface area contributed by atoms with Crippen molar-refractivity contribution in [3.05, 3.63) is 18.1 Å². The first kappa shape index (κ1) is 14.3. The first-order valence-corrected chi connectivity index (χ1v) is 7.55. The first-order chi connectivity index (χ1) is 9.28. The lowest BCUT2D eigenvalue weighted by molar-refractivity contribution is 0.294. The molecule has 0 aromatic carbocycles. The number of aryl methyl sites for hydroxylation is 1. The van der Waals surface area contributed by atoms with Crippen LogP contribution in [0.4, 0.5) is 5.82 Å². The summed E-state index contributed by atoms with van der Waals surface area (Å²) in [6.07, 6.45) is 6.56. The van der Waals surface area contributed by atoms with Crippen LogP contribution in [0.3, 0.4) is 0 Å². The van der Waals surface area contributed by atoms with Crippen LogP contribution in [-0.2, 0) is 6.42 Å². The Hall–Kier alpha value is -1.16. The van der Waals surface area contributed by atoms with Crippen molar-refractivity contribution < 1.29 is 0 Å². The molecule has 2 rings (SSSR count). The topological polar surface area (TPSA) is 41.0 Å². The van der Waals surface area contributed by atoms with Gasteiger partial charge in [0.2, 0.25) is 0 Å². The number of hydrogen-bond donors (Lipinski definition) is 1. The highest BCUT2D eigenvalue weighted by atomic mass is 15.1. The quantitative estimate of drug-likeness (QED) is 0.820. The number of aromatic nitrogens is 2. The van der Waals surface area contributed by atoms with Crippen molar-refractivity contribution in [2.75, 3.05) is 31.5 Å². The van der Waals surface area contributed by atoms with E-state index in [0.29, 0.717) is 5.92 Å². The van der Waals surface area contributed by atoms with Gasteiger partial charge in [0, 0.05) is 24.8 Å². The Morgan fingerprint density at radius 2 is 2.11 bits per heavy atom. The molecule has 19 heavy (non-hydrogen) atoms. The molecular weight excluding hydrogens is 236 g/mol. The Balaban J connectivity index is 1.75. The molecule has 1 fully saturated rings. The van der Waals surface area contributed by atoms with Crippen molar-refractivity contribution >= 4 is 5.82 Å². The second kappa shape index (κ2) is 7.43. The summed E-state index contributed by atoms with van der Waals surface area (Å²) in [6, 6.07) is 2.08. The smallest absolute Gasteiger partial charge is 0.129 e. The molecule has 1 N–H and O–H groups in total. The molecule has 1 unspecified atom stereocenters. The highest BCUT2D eigenvalue weighted by Crippen LogP contribution is 2.11. The largest absolute Gasteiger partial charge is 0.370 e. The zero-order valence-electron chi connectivity index (χ0n) is 12.2. The van der Waals surface area contributed by atoms with E-state index in [9.17, 15) is 0 Å². The van der Waals surface area contributed by atoms with Crippen molar-refractivity contribution in [2.45, 2.75) is 39.5 Å². The fourth-order valence-corrected chi connectivity index (χ4v) is 2.64. The summed E-state index contributed by atoms with van der Waals surface area (Å²) in [5, 5.41) is 3.44. The Morgan fingerprint density at radius 3 is 2.84 bits per heavy atom. The summed E-state index contributed by atoms with van der Waals surface area (Å²) in [7, 11) is 0. The van der Waals surface area contributed by atoms with Crippen molar-refractivity contribution in [3.8, 4) is 0 Å². The van der Waals surface area contributed by atoms with Crippen LogP contribution in [-0.4, -0.2) is 41.0 Å². The maximum absolute atomic E-state index is 4.29. The summed E-state index contributed by atoms with van der Waals surface area (Å²) in [6.45, 7) is 9.21. The predicted octanol–water partition coefficient (Wildman–Crippen LogP) is 2.57. The van der Waals surface area contributed by atoms with E-state index < -0.39 is 0 Å². The van der Waals surface area contributed by atoms with Gasteiger partial charge >= 0.3 is 0 Å². The average molecular weight is 262 g/mol. The van der Waals surface area contributed by atoms with Crippen molar-refractivity contribution in [1.29, 1.82) is 0 Å². The van der Waals surface area contributed by atoms with Crippen molar-refractivity contribution in [1.82, 2.24) is 14.9 Å². The third kappa shape index (κ3) is 4.78. The molecule has 0 aliphatic carbocycles. The predicted molar refractivity (Wildman–Crippen MR) is 79.4 cm³/mol. The van der Waals surface area contributed by atoms with E-state index in [0.717, 1.165) is 30.9 Å². The molecule has 1 aliphatic heterocycles. The summed E-state index contributed by atoms with van der Waals surface area (Å²) in [5.41, 5.74) is 1.13. The number of nitrogens with zero attached hydrogens (tertiary/aromatic N) is 3. The summed E-state index contributed by atoms with van der Waals surface area (Å²) >= 11 is 0. The van der Waals surface area contributed by atoms with Gasteiger partial charge in [-0.25, -0.2) is 9.97 Å². The SMILES string of the molecule is CCCc1cc(NCC(C)CN2CCCC2)ncn1. The van der Waals surface area contributed by atoms with Crippen LogP contribution in [0, 0.1) is 5.92 Å². The lowest BCUT2D eigenvalue weighted by atomic mass is 10.1. The van der Waals surface area contributed by atoms with Crippen LogP contribution in [0.2, 0.25) is 0 Å². The molecule has 0 bridgehead atoms.